The molecule has 0 saturated carbocycles. The van der Waals surface area contributed by atoms with Crippen LogP contribution in [-0.2, 0) is 16.1 Å². The van der Waals surface area contributed by atoms with Gasteiger partial charge in [0.1, 0.15) is 6.04 Å². The number of hydrogen-bond acceptors (Lipinski definition) is 3. The van der Waals surface area contributed by atoms with Crippen molar-refractivity contribution in [3.8, 4) is 0 Å². The minimum atomic E-state index is -0.506. The van der Waals surface area contributed by atoms with Gasteiger partial charge in [-0.25, -0.2) is 0 Å². The lowest BCUT2D eigenvalue weighted by atomic mass is 10.1. The van der Waals surface area contributed by atoms with E-state index in [0.717, 1.165) is 10.5 Å². The third-order valence-corrected chi connectivity index (χ3v) is 5.39. The zero-order chi connectivity index (χ0) is 20.4. The number of nitrogens with one attached hydrogen (secondary N) is 1. The number of amides is 2. The molecule has 0 aliphatic heterocycles. The smallest absolute Gasteiger partial charge is 0.242 e. The van der Waals surface area contributed by atoms with Gasteiger partial charge in [0, 0.05) is 30.2 Å². The van der Waals surface area contributed by atoms with Crippen molar-refractivity contribution in [1.29, 1.82) is 0 Å². The monoisotopic (exact) mass is 398 g/mol. The van der Waals surface area contributed by atoms with Crippen molar-refractivity contribution in [1.82, 2.24) is 10.2 Å². The predicted octanol–water partition coefficient (Wildman–Crippen LogP) is 4.36. The first kappa shape index (κ1) is 22.0. The summed E-state index contributed by atoms with van der Waals surface area (Å²) in [6, 6.07) is 19.4. The minimum Gasteiger partial charge on any atom is -0.354 e. The van der Waals surface area contributed by atoms with Gasteiger partial charge >= 0.3 is 0 Å². The fourth-order valence-electron chi connectivity index (χ4n) is 2.73. The molecule has 2 aromatic rings. The minimum absolute atomic E-state index is 0.000480. The quantitative estimate of drug-likeness (QED) is 0.605. The second-order valence-electron chi connectivity index (χ2n) is 7.23. The summed E-state index contributed by atoms with van der Waals surface area (Å²) >= 11 is 1.66. The van der Waals surface area contributed by atoms with Crippen molar-refractivity contribution in [3.05, 3.63) is 66.2 Å². The van der Waals surface area contributed by atoms with E-state index in [1.807, 2.05) is 60.7 Å². The van der Waals surface area contributed by atoms with Crippen molar-refractivity contribution in [2.75, 3.05) is 12.3 Å². The van der Waals surface area contributed by atoms with Gasteiger partial charge in [-0.3, -0.25) is 9.59 Å². The zero-order valence-electron chi connectivity index (χ0n) is 16.9. The molecule has 0 aromatic heterocycles. The average molecular weight is 399 g/mol. The molecule has 0 aliphatic carbocycles. The van der Waals surface area contributed by atoms with Gasteiger partial charge in [-0.1, -0.05) is 62.4 Å². The van der Waals surface area contributed by atoms with E-state index in [0.29, 0.717) is 31.2 Å². The molecule has 2 rings (SSSR count). The number of carbonyl (C=O) groups is 2. The number of benzene rings is 2. The number of nitrogens with zero attached hydrogens (tertiary/aromatic N) is 1. The lowest BCUT2D eigenvalue weighted by Crippen LogP contribution is -2.48. The number of carbonyl (C=O) groups excluding carboxylic acids is 2. The van der Waals surface area contributed by atoms with Crippen molar-refractivity contribution >= 4 is 23.6 Å². The molecule has 1 unspecified atom stereocenters. The molecular weight excluding hydrogens is 368 g/mol. The molecule has 1 N–H and O–H groups in total. The number of thioether (sulfide) groups is 1. The van der Waals surface area contributed by atoms with Crippen LogP contribution in [0.2, 0.25) is 0 Å². The molecule has 1 atom stereocenters. The molecule has 0 aliphatic rings. The number of hydrogen-bond donors (Lipinski definition) is 1. The van der Waals surface area contributed by atoms with Crippen LogP contribution in [-0.4, -0.2) is 35.1 Å². The summed E-state index contributed by atoms with van der Waals surface area (Å²) in [5.41, 5.74) is 1.02. The van der Waals surface area contributed by atoms with Gasteiger partial charge < -0.3 is 10.2 Å². The molecule has 150 valence electrons. The van der Waals surface area contributed by atoms with Gasteiger partial charge in [-0.2, -0.15) is 0 Å². The van der Waals surface area contributed by atoms with E-state index >= 15 is 0 Å². The maximum Gasteiger partial charge on any atom is 0.242 e. The van der Waals surface area contributed by atoms with Gasteiger partial charge in [-0.05, 0) is 30.5 Å². The van der Waals surface area contributed by atoms with Gasteiger partial charge in [0.2, 0.25) is 11.8 Å². The summed E-state index contributed by atoms with van der Waals surface area (Å²) in [7, 11) is 0. The summed E-state index contributed by atoms with van der Waals surface area (Å²) < 4.78 is 0. The van der Waals surface area contributed by atoms with Crippen LogP contribution >= 0.6 is 11.8 Å². The Morgan fingerprint density at radius 1 is 0.964 bits per heavy atom. The Bertz CT molecular complexity index is 735. The lowest BCUT2D eigenvalue weighted by Gasteiger charge is -2.29. The third-order valence-electron chi connectivity index (χ3n) is 4.38. The van der Waals surface area contributed by atoms with Crippen LogP contribution in [0.25, 0.3) is 0 Å². The van der Waals surface area contributed by atoms with Crippen LogP contribution in [0.1, 0.15) is 32.8 Å². The first-order chi connectivity index (χ1) is 13.5. The molecule has 2 aromatic carbocycles. The lowest BCUT2D eigenvalue weighted by molar-refractivity contribution is -0.140. The van der Waals surface area contributed by atoms with Crippen LogP contribution in [0.3, 0.4) is 0 Å². The maximum absolute atomic E-state index is 13.0. The van der Waals surface area contributed by atoms with E-state index in [1.165, 1.54) is 0 Å². The summed E-state index contributed by atoms with van der Waals surface area (Å²) in [6.07, 6.45) is 0.397. The van der Waals surface area contributed by atoms with Gasteiger partial charge in [0.15, 0.2) is 0 Å². The van der Waals surface area contributed by atoms with Gasteiger partial charge in [-0.15, -0.1) is 11.8 Å². The molecule has 5 heteroatoms. The molecule has 0 bridgehead atoms. The Morgan fingerprint density at radius 2 is 1.57 bits per heavy atom. The van der Waals surface area contributed by atoms with Crippen LogP contribution in [0.15, 0.2) is 65.6 Å². The zero-order valence-corrected chi connectivity index (χ0v) is 17.7. The highest BCUT2D eigenvalue weighted by Gasteiger charge is 2.25. The molecule has 2 amide bonds. The Labute approximate surface area is 172 Å². The van der Waals surface area contributed by atoms with Crippen LogP contribution in [0.5, 0.6) is 0 Å². The largest absolute Gasteiger partial charge is 0.354 e. The van der Waals surface area contributed by atoms with E-state index in [2.05, 4.69) is 19.2 Å². The first-order valence-electron chi connectivity index (χ1n) is 9.76. The van der Waals surface area contributed by atoms with E-state index < -0.39 is 6.04 Å². The normalized spacial score (nSPS) is 11.9. The summed E-state index contributed by atoms with van der Waals surface area (Å²) in [5, 5.41) is 2.95. The van der Waals surface area contributed by atoms with Gasteiger partial charge in [0.25, 0.3) is 0 Å². The highest BCUT2D eigenvalue weighted by atomic mass is 32.2. The van der Waals surface area contributed by atoms with Crippen LogP contribution in [0.4, 0.5) is 0 Å². The average Bonchev–Trinajstić information content (AvgIpc) is 2.71. The second-order valence-corrected chi connectivity index (χ2v) is 8.40. The fraction of sp³-hybridized carbons (Fsp3) is 0.391. The van der Waals surface area contributed by atoms with E-state index in [9.17, 15) is 9.59 Å². The van der Waals surface area contributed by atoms with E-state index in [4.69, 9.17) is 0 Å². The molecular formula is C23H30N2O2S. The summed E-state index contributed by atoms with van der Waals surface area (Å²) in [5.74, 6) is 0.957. The highest BCUT2D eigenvalue weighted by molar-refractivity contribution is 7.99. The van der Waals surface area contributed by atoms with E-state index in [1.54, 1.807) is 23.6 Å². The van der Waals surface area contributed by atoms with Crippen molar-refractivity contribution in [3.63, 3.8) is 0 Å². The SMILES string of the molecule is CC(C)CNC(=O)C(C)N(Cc1ccccc1)C(=O)CCSc1ccccc1. The molecule has 0 spiro atoms. The Hall–Kier alpha value is -2.27. The summed E-state index contributed by atoms with van der Waals surface area (Å²) in [4.78, 5) is 28.4. The van der Waals surface area contributed by atoms with Gasteiger partial charge in [0.05, 0.1) is 0 Å². The highest BCUT2D eigenvalue weighted by Crippen LogP contribution is 2.19. The standard InChI is InChI=1S/C23H30N2O2S/c1-18(2)16-24-23(27)19(3)25(17-20-10-6-4-7-11-20)22(26)14-15-28-21-12-8-5-9-13-21/h4-13,18-19H,14-17H2,1-3H3,(H,24,27). The van der Waals surface area contributed by atoms with Crippen molar-refractivity contribution in [2.24, 2.45) is 5.92 Å². The molecule has 28 heavy (non-hydrogen) atoms. The Balaban J connectivity index is 2.01. The molecule has 0 heterocycles. The summed E-state index contributed by atoms with van der Waals surface area (Å²) in [6.45, 7) is 6.96. The third kappa shape index (κ3) is 7.39. The Kier molecular flexibility index (Phi) is 9.08. The second kappa shape index (κ2) is 11.5. The number of rotatable bonds is 10. The Morgan fingerprint density at radius 3 is 2.18 bits per heavy atom. The van der Waals surface area contributed by atoms with Crippen molar-refractivity contribution in [2.45, 2.75) is 44.7 Å². The van der Waals surface area contributed by atoms with E-state index in [-0.39, 0.29) is 11.8 Å². The molecule has 0 radical (unpaired) electrons. The molecule has 0 fully saturated rings. The predicted molar refractivity (Wildman–Crippen MR) is 116 cm³/mol. The van der Waals surface area contributed by atoms with Crippen LogP contribution < -0.4 is 5.32 Å². The maximum atomic E-state index is 13.0. The topological polar surface area (TPSA) is 49.4 Å². The van der Waals surface area contributed by atoms with Crippen molar-refractivity contribution < 1.29 is 9.59 Å². The molecule has 0 saturated heterocycles. The molecule has 4 nitrogen and oxygen atoms in total. The first-order valence-corrected chi connectivity index (χ1v) is 10.7. The van der Waals surface area contributed by atoms with Crippen LogP contribution in [0, 0.1) is 5.92 Å². The fourth-order valence-corrected chi connectivity index (χ4v) is 3.59.